The highest BCUT2D eigenvalue weighted by Crippen LogP contribution is 2.46. The first kappa shape index (κ1) is 13.0. The molecule has 15 heavy (non-hydrogen) atoms. The molecule has 0 aromatic rings. The van der Waals surface area contributed by atoms with Crippen LogP contribution in [0.2, 0.25) is 0 Å². The van der Waals surface area contributed by atoms with E-state index in [-0.39, 0.29) is 0 Å². The van der Waals surface area contributed by atoms with Crippen molar-refractivity contribution in [1.82, 2.24) is 0 Å². The van der Waals surface area contributed by atoms with Gasteiger partial charge in [-0.3, -0.25) is 0 Å². The normalized spacial score (nSPS) is 33.4. The Bertz CT molecular complexity index is 196. The fraction of sp³-hybridized carbons (Fsp3) is 1.00. The summed E-state index contributed by atoms with van der Waals surface area (Å²) in [6.07, 6.45) is 5.09. The van der Waals surface area contributed by atoms with Gasteiger partial charge in [-0.25, -0.2) is 0 Å². The SMILES string of the molecule is CCC(C)(C)C1CC(N)CCC1C(C)C. The summed E-state index contributed by atoms with van der Waals surface area (Å²) in [5.74, 6) is 2.53. The van der Waals surface area contributed by atoms with E-state index in [4.69, 9.17) is 5.73 Å². The lowest BCUT2D eigenvalue weighted by atomic mass is 9.61. The van der Waals surface area contributed by atoms with Crippen LogP contribution in [-0.4, -0.2) is 6.04 Å². The summed E-state index contributed by atoms with van der Waals surface area (Å²) in [5, 5.41) is 0. The van der Waals surface area contributed by atoms with E-state index in [0.29, 0.717) is 11.5 Å². The molecular formula is C14H29N. The Morgan fingerprint density at radius 1 is 1.27 bits per heavy atom. The molecule has 1 rings (SSSR count). The molecule has 2 N–H and O–H groups in total. The van der Waals surface area contributed by atoms with Crippen molar-refractivity contribution in [2.75, 3.05) is 0 Å². The molecule has 0 aromatic heterocycles. The maximum Gasteiger partial charge on any atom is 0.00418 e. The molecule has 1 aliphatic rings. The molecular weight excluding hydrogens is 182 g/mol. The molecule has 0 spiro atoms. The second kappa shape index (κ2) is 4.86. The van der Waals surface area contributed by atoms with Gasteiger partial charge < -0.3 is 5.73 Å². The van der Waals surface area contributed by atoms with Gasteiger partial charge in [0, 0.05) is 6.04 Å². The van der Waals surface area contributed by atoms with Crippen LogP contribution in [-0.2, 0) is 0 Å². The van der Waals surface area contributed by atoms with E-state index >= 15 is 0 Å². The highest BCUT2D eigenvalue weighted by molar-refractivity contribution is 4.90. The van der Waals surface area contributed by atoms with E-state index in [1.165, 1.54) is 25.7 Å². The zero-order valence-electron chi connectivity index (χ0n) is 11.2. The molecule has 0 heterocycles. The first-order valence-electron chi connectivity index (χ1n) is 6.64. The second-order valence-electron chi connectivity index (χ2n) is 6.43. The zero-order valence-corrected chi connectivity index (χ0v) is 11.2. The predicted octanol–water partition coefficient (Wildman–Crippen LogP) is 3.82. The molecule has 0 radical (unpaired) electrons. The van der Waals surface area contributed by atoms with Crippen LogP contribution in [0.1, 0.15) is 60.3 Å². The van der Waals surface area contributed by atoms with Crippen LogP contribution in [0.3, 0.4) is 0 Å². The molecule has 1 saturated carbocycles. The Morgan fingerprint density at radius 3 is 2.33 bits per heavy atom. The Morgan fingerprint density at radius 2 is 1.87 bits per heavy atom. The molecule has 1 aliphatic carbocycles. The first-order chi connectivity index (χ1) is 6.88. The maximum absolute atomic E-state index is 6.14. The topological polar surface area (TPSA) is 26.0 Å². The average molecular weight is 211 g/mol. The third-order valence-corrected chi connectivity index (χ3v) is 4.72. The number of nitrogens with two attached hydrogens (primary N) is 1. The fourth-order valence-corrected chi connectivity index (χ4v) is 3.19. The largest absolute Gasteiger partial charge is 0.328 e. The van der Waals surface area contributed by atoms with Gasteiger partial charge in [0.05, 0.1) is 0 Å². The van der Waals surface area contributed by atoms with Crippen molar-refractivity contribution < 1.29 is 0 Å². The molecule has 1 nitrogen and oxygen atoms in total. The smallest absolute Gasteiger partial charge is 0.00418 e. The molecule has 3 atom stereocenters. The standard InChI is InChI=1S/C14H29N/c1-6-14(4,5)13-9-11(15)7-8-12(13)10(2)3/h10-13H,6-9,15H2,1-5H3. The third-order valence-electron chi connectivity index (χ3n) is 4.72. The maximum atomic E-state index is 6.14. The van der Waals surface area contributed by atoms with Crippen LogP contribution in [0.25, 0.3) is 0 Å². The second-order valence-corrected chi connectivity index (χ2v) is 6.43. The fourth-order valence-electron chi connectivity index (χ4n) is 3.19. The molecule has 0 aliphatic heterocycles. The van der Waals surface area contributed by atoms with E-state index in [9.17, 15) is 0 Å². The Balaban J connectivity index is 2.79. The first-order valence-corrected chi connectivity index (χ1v) is 6.64. The van der Waals surface area contributed by atoms with Gasteiger partial charge in [0.15, 0.2) is 0 Å². The number of hydrogen-bond donors (Lipinski definition) is 1. The Hall–Kier alpha value is -0.0400. The minimum atomic E-state index is 0.454. The van der Waals surface area contributed by atoms with E-state index in [0.717, 1.165) is 17.8 Å². The summed E-state index contributed by atoms with van der Waals surface area (Å²) in [7, 11) is 0. The van der Waals surface area contributed by atoms with Crippen molar-refractivity contribution in [2.45, 2.75) is 66.3 Å². The molecule has 0 aromatic carbocycles. The predicted molar refractivity (Wildman–Crippen MR) is 67.7 cm³/mol. The Labute approximate surface area is 95.8 Å². The monoisotopic (exact) mass is 211 g/mol. The van der Waals surface area contributed by atoms with Gasteiger partial charge in [-0.2, -0.15) is 0 Å². The van der Waals surface area contributed by atoms with Crippen molar-refractivity contribution in [3.8, 4) is 0 Å². The molecule has 0 bridgehead atoms. The van der Waals surface area contributed by atoms with Gasteiger partial charge in [0.1, 0.15) is 0 Å². The highest BCUT2D eigenvalue weighted by atomic mass is 14.7. The van der Waals surface area contributed by atoms with Crippen molar-refractivity contribution in [2.24, 2.45) is 28.9 Å². The van der Waals surface area contributed by atoms with Gasteiger partial charge >= 0.3 is 0 Å². The third kappa shape index (κ3) is 2.96. The number of rotatable bonds is 3. The van der Waals surface area contributed by atoms with Gasteiger partial charge in [0.2, 0.25) is 0 Å². The van der Waals surface area contributed by atoms with Gasteiger partial charge in [-0.15, -0.1) is 0 Å². The van der Waals surface area contributed by atoms with Crippen molar-refractivity contribution in [1.29, 1.82) is 0 Å². The van der Waals surface area contributed by atoms with Crippen LogP contribution in [0.4, 0.5) is 0 Å². The highest BCUT2D eigenvalue weighted by Gasteiger charge is 2.39. The average Bonchev–Trinajstić information content (AvgIpc) is 2.17. The molecule has 90 valence electrons. The minimum absolute atomic E-state index is 0.454. The summed E-state index contributed by atoms with van der Waals surface area (Å²) >= 11 is 0. The molecule has 0 amide bonds. The molecule has 0 saturated heterocycles. The summed E-state index contributed by atoms with van der Waals surface area (Å²) < 4.78 is 0. The van der Waals surface area contributed by atoms with E-state index < -0.39 is 0 Å². The lowest BCUT2D eigenvalue weighted by molar-refractivity contribution is 0.0527. The van der Waals surface area contributed by atoms with Crippen molar-refractivity contribution in [3.63, 3.8) is 0 Å². The summed E-state index contributed by atoms with van der Waals surface area (Å²) in [6.45, 7) is 11.9. The quantitative estimate of drug-likeness (QED) is 0.754. The lowest BCUT2D eigenvalue weighted by Gasteiger charge is -2.46. The summed E-state index contributed by atoms with van der Waals surface area (Å²) in [5.41, 5.74) is 6.60. The zero-order chi connectivity index (χ0) is 11.6. The minimum Gasteiger partial charge on any atom is -0.328 e. The molecule has 1 fully saturated rings. The summed E-state index contributed by atoms with van der Waals surface area (Å²) in [4.78, 5) is 0. The lowest BCUT2D eigenvalue weighted by Crippen LogP contribution is -2.42. The van der Waals surface area contributed by atoms with Crippen molar-refractivity contribution in [3.05, 3.63) is 0 Å². The van der Waals surface area contributed by atoms with Gasteiger partial charge in [-0.1, -0.05) is 41.0 Å². The van der Waals surface area contributed by atoms with Gasteiger partial charge in [0.25, 0.3) is 0 Å². The van der Waals surface area contributed by atoms with Crippen LogP contribution in [0, 0.1) is 23.2 Å². The van der Waals surface area contributed by atoms with Crippen molar-refractivity contribution >= 4 is 0 Å². The molecule has 3 unspecified atom stereocenters. The van der Waals surface area contributed by atoms with E-state index in [1.54, 1.807) is 0 Å². The van der Waals surface area contributed by atoms with Crippen LogP contribution < -0.4 is 5.73 Å². The molecule has 1 heteroatoms. The Kier molecular flexibility index (Phi) is 4.22. The van der Waals surface area contributed by atoms with Crippen LogP contribution in [0.15, 0.2) is 0 Å². The van der Waals surface area contributed by atoms with E-state index in [1.807, 2.05) is 0 Å². The van der Waals surface area contributed by atoms with Gasteiger partial charge in [-0.05, 0) is 42.4 Å². The van der Waals surface area contributed by atoms with Crippen LogP contribution in [0.5, 0.6) is 0 Å². The summed E-state index contributed by atoms with van der Waals surface area (Å²) in [6, 6.07) is 0.454. The van der Waals surface area contributed by atoms with E-state index in [2.05, 4.69) is 34.6 Å². The van der Waals surface area contributed by atoms with Crippen LogP contribution >= 0.6 is 0 Å². The number of hydrogen-bond acceptors (Lipinski definition) is 1.